The summed E-state index contributed by atoms with van der Waals surface area (Å²) in [5.41, 5.74) is 5.22. The molecule has 0 amide bonds. The first kappa shape index (κ1) is 6.03. The van der Waals surface area contributed by atoms with Gasteiger partial charge in [0.25, 0.3) is 0 Å². The van der Waals surface area contributed by atoms with Crippen molar-refractivity contribution in [2.45, 2.75) is 0 Å². The summed E-state index contributed by atoms with van der Waals surface area (Å²) in [5, 5.41) is 7.00. The molecule has 0 saturated heterocycles. The Balaban J connectivity index is 2.90. The lowest BCUT2D eigenvalue weighted by Crippen LogP contribution is -2.21. The molecule has 1 aromatic heterocycles. The molecule has 5 nitrogen and oxygen atoms in total. The van der Waals surface area contributed by atoms with E-state index >= 15 is 0 Å². The van der Waals surface area contributed by atoms with Crippen LogP contribution in [0.2, 0.25) is 0 Å². The number of rotatable bonds is 0. The molecule has 2 N–H and O–H groups in total. The minimum atomic E-state index is 0.106. The van der Waals surface area contributed by atoms with Crippen LogP contribution in [0.25, 0.3) is 0 Å². The van der Waals surface area contributed by atoms with E-state index in [0.29, 0.717) is 0 Å². The average molecular weight is 146 g/mol. The van der Waals surface area contributed by atoms with E-state index in [2.05, 4.69) is 14.8 Å². The third kappa shape index (κ3) is 1.17. The van der Waals surface area contributed by atoms with E-state index in [1.54, 1.807) is 6.20 Å². The monoisotopic (exact) mass is 145 g/mol. The SMILES string of the molecule is N/C(=N\Cl)n1ccnn1. The van der Waals surface area contributed by atoms with E-state index in [-0.39, 0.29) is 5.96 Å². The van der Waals surface area contributed by atoms with Gasteiger partial charge in [0.1, 0.15) is 0 Å². The van der Waals surface area contributed by atoms with Gasteiger partial charge in [0, 0.05) is 11.8 Å². The normalized spacial score (nSPS) is 11.9. The van der Waals surface area contributed by atoms with Crippen molar-refractivity contribution in [2.75, 3.05) is 0 Å². The summed E-state index contributed by atoms with van der Waals surface area (Å²) in [6.45, 7) is 0. The van der Waals surface area contributed by atoms with Gasteiger partial charge in [-0.3, -0.25) is 0 Å². The zero-order valence-corrected chi connectivity index (χ0v) is 5.15. The highest BCUT2D eigenvalue weighted by atomic mass is 35.5. The first-order chi connectivity index (χ1) is 4.34. The summed E-state index contributed by atoms with van der Waals surface area (Å²) in [7, 11) is 0. The fourth-order valence-corrected chi connectivity index (χ4v) is 0.447. The predicted molar refractivity (Wildman–Crippen MR) is 32.9 cm³/mol. The molecular weight excluding hydrogens is 142 g/mol. The van der Waals surface area contributed by atoms with Gasteiger partial charge in [-0.15, -0.1) is 9.61 Å². The highest BCUT2D eigenvalue weighted by Crippen LogP contribution is 1.80. The van der Waals surface area contributed by atoms with E-state index in [0.717, 1.165) is 0 Å². The van der Waals surface area contributed by atoms with Crippen molar-refractivity contribution in [3.63, 3.8) is 0 Å². The molecule has 0 spiro atoms. The molecule has 0 bridgehead atoms. The summed E-state index contributed by atoms with van der Waals surface area (Å²) in [6, 6.07) is 0. The zero-order valence-electron chi connectivity index (χ0n) is 4.40. The quantitative estimate of drug-likeness (QED) is 0.399. The second-order valence-corrected chi connectivity index (χ2v) is 1.46. The van der Waals surface area contributed by atoms with E-state index in [1.807, 2.05) is 0 Å². The van der Waals surface area contributed by atoms with E-state index in [1.165, 1.54) is 10.9 Å². The summed E-state index contributed by atoms with van der Waals surface area (Å²) in [6.07, 6.45) is 3.02. The molecule has 0 aliphatic heterocycles. The van der Waals surface area contributed by atoms with E-state index in [4.69, 9.17) is 17.5 Å². The topological polar surface area (TPSA) is 69.1 Å². The Hall–Kier alpha value is -1.10. The van der Waals surface area contributed by atoms with Crippen LogP contribution in [-0.4, -0.2) is 21.0 Å². The van der Waals surface area contributed by atoms with Crippen molar-refractivity contribution in [1.29, 1.82) is 0 Å². The highest BCUT2D eigenvalue weighted by molar-refractivity contribution is 6.19. The van der Waals surface area contributed by atoms with Gasteiger partial charge in [-0.2, -0.15) is 4.68 Å². The van der Waals surface area contributed by atoms with Crippen LogP contribution in [-0.2, 0) is 0 Å². The molecule has 0 aromatic carbocycles. The van der Waals surface area contributed by atoms with Crippen LogP contribution < -0.4 is 5.73 Å². The van der Waals surface area contributed by atoms with Crippen molar-refractivity contribution in [3.8, 4) is 0 Å². The maximum atomic E-state index is 5.22. The average Bonchev–Trinajstić information content (AvgIpc) is 2.37. The van der Waals surface area contributed by atoms with E-state index < -0.39 is 0 Å². The van der Waals surface area contributed by atoms with Gasteiger partial charge in [0.15, 0.2) is 0 Å². The Bertz CT molecular complexity index is 202. The van der Waals surface area contributed by atoms with E-state index in [9.17, 15) is 0 Å². The molecule has 0 fully saturated rings. The highest BCUT2D eigenvalue weighted by Gasteiger charge is 1.92. The largest absolute Gasteiger partial charge is 0.367 e. The second kappa shape index (κ2) is 2.45. The summed E-state index contributed by atoms with van der Waals surface area (Å²) < 4.78 is 4.42. The molecule has 1 rings (SSSR count). The van der Waals surface area contributed by atoms with Gasteiger partial charge >= 0.3 is 0 Å². The number of nitrogens with two attached hydrogens (primary N) is 1. The Morgan fingerprint density at radius 2 is 2.56 bits per heavy atom. The number of halogens is 1. The van der Waals surface area contributed by atoms with Gasteiger partial charge in [0.2, 0.25) is 5.96 Å². The smallest absolute Gasteiger partial charge is 0.235 e. The van der Waals surface area contributed by atoms with Crippen molar-refractivity contribution >= 4 is 17.7 Å². The van der Waals surface area contributed by atoms with Crippen molar-refractivity contribution < 1.29 is 0 Å². The van der Waals surface area contributed by atoms with Crippen molar-refractivity contribution in [2.24, 2.45) is 10.2 Å². The van der Waals surface area contributed by atoms with Crippen LogP contribution in [0.5, 0.6) is 0 Å². The molecule has 48 valence electrons. The number of aromatic nitrogens is 3. The van der Waals surface area contributed by atoms with Crippen LogP contribution in [0, 0.1) is 0 Å². The van der Waals surface area contributed by atoms with Gasteiger partial charge in [-0.1, -0.05) is 5.21 Å². The number of nitrogens with zero attached hydrogens (tertiary/aromatic N) is 4. The first-order valence-corrected chi connectivity index (χ1v) is 2.49. The zero-order chi connectivity index (χ0) is 6.69. The number of hydrogen-bond donors (Lipinski definition) is 1. The van der Waals surface area contributed by atoms with Crippen molar-refractivity contribution in [3.05, 3.63) is 12.4 Å². The first-order valence-electron chi connectivity index (χ1n) is 2.15. The van der Waals surface area contributed by atoms with Crippen molar-refractivity contribution in [1.82, 2.24) is 15.0 Å². The lowest BCUT2D eigenvalue weighted by Gasteiger charge is -1.91. The minimum absolute atomic E-state index is 0.106. The van der Waals surface area contributed by atoms with Gasteiger partial charge in [0.05, 0.1) is 12.4 Å². The molecule has 0 aliphatic carbocycles. The number of hydrogen-bond acceptors (Lipinski definition) is 3. The molecule has 0 unspecified atom stereocenters. The Kier molecular flexibility index (Phi) is 1.64. The molecule has 6 heteroatoms. The fourth-order valence-electron chi connectivity index (χ4n) is 0.369. The molecular formula is C3H4ClN5. The fraction of sp³-hybridized carbons (Fsp3) is 0. The molecule has 1 aromatic rings. The van der Waals surface area contributed by atoms with Crippen LogP contribution in [0.1, 0.15) is 0 Å². The lowest BCUT2D eigenvalue weighted by atomic mass is 10.9. The Labute approximate surface area is 56.2 Å². The molecule has 1 heterocycles. The predicted octanol–water partition coefficient (Wildman–Crippen LogP) is -0.405. The standard InChI is InChI=1S/C3H4ClN5/c4-7-3(5)9-2-1-6-8-9/h1-2H,(H2,5,7). The third-order valence-electron chi connectivity index (χ3n) is 0.744. The molecule has 0 atom stereocenters. The van der Waals surface area contributed by atoms with Crippen LogP contribution in [0.4, 0.5) is 0 Å². The third-order valence-corrected chi connectivity index (χ3v) is 0.917. The van der Waals surface area contributed by atoms with Crippen LogP contribution in [0.15, 0.2) is 16.9 Å². The van der Waals surface area contributed by atoms with Gasteiger partial charge in [-0.05, 0) is 0 Å². The van der Waals surface area contributed by atoms with Gasteiger partial charge < -0.3 is 5.73 Å². The molecule has 9 heavy (non-hydrogen) atoms. The Morgan fingerprint density at radius 3 is 3.00 bits per heavy atom. The molecule has 0 aliphatic rings. The maximum Gasteiger partial charge on any atom is 0.235 e. The molecule has 0 saturated carbocycles. The maximum absolute atomic E-state index is 5.22. The lowest BCUT2D eigenvalue weighted by molar-refractivity contribution is 0.835. The second-order valence-electron chi connectivity index (χ2n) is 1.29. The summed E-state index contributed by atoms with van der Waals surface area (Å²) in [5.74, 6) is 0.106. The molecule has 0 radical (unpaired) electrons. The minimum Gasteiger partial charge on any atom is -0.367 e. The Morgan fingerprint density at radius 1 is 1.78 bits per heavy atom. The van der Waals surface area contributed by atoms with Gasteiger partial charge in [-0.25, -0.2) is 0 Å². The summed E-state index contributed by atoms with van der Waals surface area (Å²) in [4.78, 5) is 0. The summed E-state index contributed by atoms with van der Waals surface area (Å²) >= 11 is 5.02. The van der Waals surface area contributed by atoms with Crippen LogP contribution in [0.3, 0.4) is 0 Å². The van der Waals surface area contributed by atoms with Crippen LogP contribution >= 0.6 is 11.8 Å².